The van der Waals surface area contributed by atoms with Gasteiger partial charge in [0.05, 0.1) is 15.4 Å². The Kier molecular flexibility index (Phi) is 6.89. The molecule has 26 heavy (non-hydrogen) atoms. The van der Waals surface area contributed by atoms with Crippen LogP contribution in [0.4, 0.5) is 4.39 Å². The second-order valence-corrected chi connectivity index (χ2v) is 9.92. The molecule has 1 saturated carbocycles. The van der Waals surface area contributed by atoms with Crippen molar-refractivity contribution in [3.63, 3.8) is 0 Å². The predicted octanol–water partition coefficient (Wildman–Crippen LogP) is 5.70. The lowest BCUT2D eigenvalue weighted by Gasteiger charge is -2.38. The Hall–Kier alpha value is -0.750. The summed E-state index contributed by atoms with van der Waals surface area (Å²) in [4.78, 5) is 1.36. The highest BCUT2D eigenvalue weighted by molar-refractivity contribution is 9.11. The maximum absolute atomic E-state index is 13.5. The van der Waals surface area contributed by atoms with Gasteiger partial charge in [-0.25, -0.2) is 4.39 Å². The van der Waals surface area contributed by atoms with Crippen molar-refractivity contribution in [2.45, 2.75) is 63.5 Å². The summed E-state index contributed by atoms with van der Waals surface area (Å²) in [5.41, 5.74) is 1.87. The number of thiophene rings is 1. The summed E-state index contributed by atoms with van der Waals surface area (Å²) in [5.74, 6) is -0.197. The molecule has 3 rings (SSSR count). The highest BCUT2D eigenvalue weighted by Crippen LogP contribution is 2.41. The summed E-state index contributed by atoms with van der Waals surface area (Å²) in [5, 5.41) is 14.2. The zero-order valence-corrected chi connectivity index (χ0v) is 17.6. The third-order valence-electron chi connectivity index (χ3n) is 5.30. The van der Waals surface area contributed by atoms with E-state index in [-0.39, 0.29) is 11.4 Å². The van der Waals surface area contributed by atoms with E-state index in [0.717, 1.165) is 27.8 Å². The number of aliphatic hydroxyl groups excluding tert-OH is 1. The Balaban J connectivity index is 1.58. The zero-order valence-electron chi connectivity index (χ0n) is 15.2. The van der Waals surface area contributed by atoms with Gasteiger partial charge in [-0.3, -0.25) is 0 Å². The molecule has 1 heterocycles. The number of halogens is 2. The lowest BCUT2D eigenvalue weighted by molar-refractivity contribution is 0.133. The van der Waals surface area contributed by atoms with Gasteiger partial charge in [-0.05, 0) is 83.9 Å². The van der Waals surface area contributed by atoms with Gasteiger partial charge in [0.25, 0.3) is 0 Å². The molecule has 2 aromatic rings. The highest BCUT2D eigenvalue weighted by Gasteiger charge is 2.35. The molecule has 1 fully saturated rings. The lowest BCUT2D eigenvalue weighted by Crippen LogP contribution is -2.46. The molecule has 0 spiro atoms. The highest BCUT2D eigenvalue weighted by atomic mass is 79.9. The van der Waals surface area contributed by atoms with E-state index in [4.69, 9.17) is 0 Å². The van der Waals surface area contributed by atoms with Crippen LogP contribution in [0.1, 0.15) is 54.5 Å². The van der Waals surface area contributed by atoms with E-state index in [2.05, 4.69) is 33.4 Å². The van der Waals surface area contributed by atoms with E-state index in [1.165, 1.54) is 30.2 Å². The Morgan fingerprint density at radius 3 is 2.65 bits per heavy atom. The van der Waals surface area contributed by atoms with Crippen LogP contribution >= 0.6 is 27.3 Å². The van der Waals surface area contributed by atoms with Crippen molar-refractivity contribution in [3.05, 3.63) is 55.9 Å². The Labute approximate surface area is 168 Å². The number of aliphatic hydroxyl groups is 1. The summed E-state index contributed by atoms with van der Waals surface area (Å²) < 4.78 is 14.7. The number of nitrogens with one attached hydrogen (secondary N) is 1. The molecule has 0 aliphatic heterocycles. The molecule has 0 amide bonds. The standard InChI is InChI=1S/C21H27BrFNOS/c1-15-11-16(13-17(23)12-15)5-6-18(25)14-24-21(9-3-2-4-10-21)19-7-8-20(22)26-19/h7-8,11-13,18,24-25H,2-6,9-10,14H2,1H3/t18-/m0/s1. The molecule has 1 aliphatic carbocycles. The van der Waals surface area contributed by atoms with Crippen molar-refractivity contribution in [3.8, 4) is 0 Å². The maximum atomic E-state index is 13.5. The molecule has 2 N–H and O–H groups in total. The minimum atomic E-state index is -0.430. The molecule has 1 aromatic carbocycles. The normalized spacial score (nSPS) is 18.0. The Morgan fingerprint density at radius 2 is 2.00 bits per heavy atom. The third-order valence-corrected chi connectivity index (χ3v) is 7.12. The van der Waals surface area contributed by atoms with Gasteiger partial charge in [0.1, 0.15) is 5.82 Å². The first-order valence-corrected chi connectivity index (χ1v) is 11.0. The number of aryl methyl sites for hydroxylation is 2. The molecule has 142 valence electrons. The van der Waals surface area contributed by atoms with Crippen molar-refractivity contribution in [2.75, 3.05) is 6.54 Å². The summed E-state index contributed by atoms with van der Waals surface area (Å²) in [7, 11) is 0. The minimum Gasteiger partial charge on any atom is -0.392 e. The van der Waals surface area contributed by atoms with E-state index < -0.39 is 6.10 Å². The average Bonchev–Trinajstić information content (AvgIpc) is 3.05. The van der Waals surface area contributed by atoms with Gasteiger partial charge in [0, 0.05) is 11.4 Å². The minimum absolute atomic E-state index is 0.00857. The van der Waals surface area contributed by atoms with Crippen LogP contribution in [0.5, 0.6) is 0 Å². The van der Waals surface area contributed by atoms with Crippen LogP contribution in [0.3, 0.4) is 0 Å². The van der Waals surface area contributed by atoms with Crippen molar-refractivity contribution < 1.29 is 9.50 Å². The van der Waals surface area contributed by atoms with E-state index >= 15 is 0 Å². The monoisotopic (exact) mass is 439 g/mol. The molecule has 1 aliphatic rings. The molecule has 1 atom stereocenters. The molecule has 0 bridgehead atoms. The molecule has 0 saturated heterocycles. The maximum Gasteiger partial charge on any atom is 0.123 e. The first kappa shape index (κ1) is 20.0. The SMILES string of the molecule is Cc1cc(F)cc(CC[C@H](O)CNC2(c3ccc(Br)s3)CCCCC2)c1. The van der Waals surface area contributed by atoms with Crippen molar-refractivity contribution in [2.24, 2.45) is 0 Å². The van der Waals surface area contributed by atoms with E-state index in [1.54, 1.807) is 17.4 Å². The van der Waals surface area contributed by atoms with Crippen LogP contribution in [0.25, 0.3) is 0 Å². The van der Waals surface area contributed by atoms with Gasteiger partial charge in [-0.15, -0.1) is 11.3 Å². The Bertz CT molecular complexity index is 706. The molecule has 1 aromatic heterocycles. The van der Waals surface area contributed by atoms with Gasteiger partial charge in [-0.1, -0.05) is 25.3 Å². The van der Waals surface area contributed by atoms with Gasteiger partial charge in [-0.2, -0.15) is 0 Å². The van der Waals surface area contributed by atoms with Gasteiger partial charge in [0.2, 0.25) is 0 Å². The fourth-order valence-corrected chi connectivity index (χ4v) is 5.55. The van der Waals surface area contributed by atoms with E-state index in [1.807, 2.05) is 13.0 Å². The summed E-state index contributed by atoms with van der Waals surface area (Å²) >= 11 is 5.37. The number of hydrogen-bond donors (Lipinski definition) is 2. The number of benzene rings is 1. The fourth-order valence-electron chi connectivity index (χ4n) is 3.94. The lowest BCUT2D eigenvalue weighted by atomic mass is 9.80. The number of rotatable bonds is 7. The van der Waals surface area contributed by atoms with Crippen LogP contribution in [0.2, 0.25) is 0 Å². The molecular weight excluding hydrogens is 413 g/mol. The topological polar surface area (TPSA) is 32.3 Å². The first-order valence-electron chi connectivity index (χ1n) is 9.42. The predicted molar refractivity (Wildman–Crippen MR) is 110 cm³/mol. The van der Waals surface area contributed by atoms with Gasteiger partial charge in [0.15, 0.2) is 0 Å². The van der Waals surface area contributed by atoms with Crippen molar-refractivity contribution in [1.29, 1.82) is 0 Å². The van der Waals surface area contributed by atoms with Crippen molar-refractivity contribution in [1.82, 2.24) is 5.32 Å². The summed E-state index contributed by atoms with van der Waals surface area (Å²) in [6, 6.07) is 9.41. The van der Waals surface area contributed by atoms with Crippen LogP contribution in [0, 0.1) is 12.7 Å². The van der Waals surface area contributed by atoms with Crippen LogP contribution < -0.4 is 5.32 Å². The first-order chi connectivity index (χ1) is 12.5. The van der Waals surface area contributed by atoms with Gasteiger partial charge >= 0.3 is 0 Å². The fraction of sp³-hybridized carbons (Fsp3) is 0.524. The molecule has 0 radical (unpaired) electrons. The largest absolute Gasteiger partial charge is 0.392 e. The summed E-state index contributed by atoms with van der Waals surface area (Å²) in [6.07, 6.45) is 6.88. The van der Waals surface area contributed by atoms with Crippen LogP contribution in [-0.2, 0) is 12.0 Å². The second kappa shape index (κ2) is 8.96. The molecular formula is C21H27BrFNOS. The average molecular weight is 440 g/mol. The second-order valence-electron chi connectivity index (χ2n) is 7.46. The number of hydrogen-bond acceptors (Lipinski definition) is 3. The van der Waals surface area contributed by atoms with Crippen LogP contribution in [-0.4, -0.2) is 17.8 Å². The molecule has 0 unspecified atom stereocenters. The Morgan fingerprint density at radius 1 is 1.23 bits per heavy atom. The smallest absolute Gasteiger partial charge is 0.123 e. The van der Waals surface area contributed by atoms with E-state index in [0.29, 0.717) is 19.4 Å². The van der Waals surface area contributed by atoms with Crippen LogP contribution in [0.15, 0.2) is 34.1 Å². The zero-order chi connectivity index (χ0) is 18.6. The van der Waals surface area contributed by atoms with Gasteiger partial charge < -0.3 is 10.4 Å². The third kappa shape index (κ3) is 5.16. The van der Waals surface area contributed by atoms with Crippen molar-refractivity contribution >= 4 is 27.3 Å². The molecule has 2 nitrogen and oxygen atoms in total. The quantitative estimate of drug-likeness (QED) is 0.579. The molecule has 5 heteroatoms. The van der Waals surface area contributed by atoms with E-state index in [9.17, 15) is 9.50 Å². The summed E-state index contributed by atoms with van der Waals surface area (Å²) in [6.45, 7) is 2.47.